The van der Waals surface area contributed by atoms with Crippen molar-refractivity contribution >= 4 is 18.3 Å². The molecule has 1 aromatic carbocycles. The summed E-state index contributed by atoms with van der Waals surface area (Å²) in [6, 6.07) is 7.76. The van der Waals surface area contributed by atoms with E-state index in [1.807, 2.05) is 24.3 Å². The maximum Gasteiger partial charge on any atom is 0.234 e. The van der Waals surface area contributed by atoms with E-state index < -0.39 is 0 Å². The lowest BCUT2D eigenvalue weighted by atomic mass is 9.95. The second kappa shape index (κ2) is 10.5. The van der Waals surface area contributed by atoms with Gasteiger partial charge in [-0.1, -0.05) is 12.1 Å². The second-order valence-electron chi connectivity index (χ2n) is 5.95. The summed E-state index contributed by atoms with van der Waals surface area (Å²) in [5, 5.41) is 2.98. The molecular formula is C17H28ClN3O2. The van der Waals surface area contributed by atoms with Crippen LogP contribution in [0.4, 0.5) is 0 Å². The molecule has 130 valence electrons. The summed E-state index contributed by atoms with van der Waals surface area (Å²) in [4.78, 5) is 14.3. The zero-order chi connectivity index (χ0) is 15.8. The number of benzene rings is 1. The average molecular weight is 342 g/mol. The SMILES string of the molecule is COc1cccc(CNC(=O)CN2CCCC(CCN)C2)c1.Cl. The minimum Gasteiger partial charge on any atom is -0.497 e. The first-order valence-electron chi connectivity index (χ1n) is 8.03. The summed E-state index contributed by atoms with van der Waals surface area (Å²) in [6.07, 6.45) is 3.45. The van der Waals surface area contributed by atoms with E-state index in [0.717, 1.165) is 43.8 Å². The van der Waals surface area contributed by atoms with Crippen molar-refractivity contribution < 1.29 is 9.53 Å². The molecule has 1 amide bonds. The molecule has 1 aliphatic rings. The van der Waals surface area contributed by atoms with Gasteiger partial charge in [0.2, 0.25) is 5.91 Å². The fraction of sp³-hybridized carbons (Fsp3) is 0.588. The minimum absolute atomic E-state index is 0. The van der Waals surface area contributed by atoms with E-state index in [0.29, 0.717) is 19.0 Å². The molecule has 1 heterocycles. The Bertz CT molecular complexity index is 483. The van der Waals surface area contributed by atoms with Crippen molar-refractivity contribution in [3.63, 3.8) is 0 Å². The smallest absolute Gasteiger partial charge is 0.234 e. The summed E-state index contributed by atoms with van der Waals surface area (Å²) in [6.45, 7) is 3.75. The van der Waals surface area contributed by atoms with Crippen LogP contribution in [0.3, 0.4) is 0 Å². The maximum absolute atomic E-state index is 12.1. The Hall–Kier alpha value is -1.30. The number of carbonyl (C=O) groups is 1. The number of nitrogens with two attached hydrogens (primary N) is 1. The third-order valence-corrected chi connectivity index (χ3v) is 4.17. The summed E-state index contributed by atoms with van der Waals surface area (Å²) < 4.78 is 5.19. The standard InChI is InChI=1S/C17H27N3O2.ClH/c1-22-16-6-2-4-15(10-16)11-19-17(21)13-20-9-3-5-14(12-20)7-8-18;/h2,4,6,10,14H,3,5,7-9,11-13,18H2,1H3,(H,19,21);1H. The molecule has 6 heteroatoms. The zero-order valence-electron chi connectivity index (χ0n) is 13.8. The largest absolute Gasteiger partial charge is 0.497 e. The molecule has 0 bridgehead atoms. The van der Waals surface area contributed by atoms with Gasteiger partial charge in [-0.2, -0.15) is 0 Å². The van der Waals surface area contributed by atoms with Gasteiger partial charge in [0.15, 0.2) is 0 Å². The van der Waals surface area contributed by atoms with E-state index in [1.54, 1.807) is 7.11 Å². The number of piperidine rings is 1. The molecule has 0 saturated carbocycles. The number of carbonyl (C=O) groups excluding carboxylic acids is 1. The highest BCUT2D eigenvalue weighted by Gasteiger charge is 2.20. The molecule has 23 heavy (non-hydrogen) atoms. The number of hydrogen-bond acceptors (Lipinski definition) is 4. The monoisotopic (exact) mass is 341 g/mol. The van der Waals surface area contributed by atoms with E-state index in [1.165, 1.54) is 6.42 Å². The van der Waals surface area contributed by atoms with Crippen molar-refractivity contribution in [1.29, 1.82) is 0 Å². The molecule has 5 nitrogen and oxygen atoms in total. The molecule has 1 atom stereocenters. The highest BCUT2D eigenvalue weighted by molar-refractivity contribution is 5.85. The van der Waals surface area contributed by atoms with E-state index in [4.69, 9.17) is 10.5 Å². The van der Waals surface area contributed by atoms with Crippen molar-refractivity contribution in [2.75, 3.05) is 33.3 Å². The first-order chi connectivity index (χ1) is 10.7. The van der Waals surface area contributed by atoms with E-state index >= 15 is 0 Å². The quantitative estimate of drug-likeness (QED) is 0.793. The molecule has 0 radical (unpaired) electrons. The zero-order valence-corrected chi connectivity index (χ0v) is 14.6. The van der Waals surface area contributed by atoms with E-state index in [2.05, 4.69) is 10.2 Å². The Morgan fingerprint density at radius 2 is 2.30 bits per heavy atom. The number of nitrogens with zero attached hydrogens (tertiary/aromatic N) is 1. The lowest BCUT2D eigenvalue weighted by molar-refractivity contribution is -0.122. The minimum atomic E-state index is 0. The number of halogens is 1. The molecular weight excluding hydrogens is 314 g/mol. The molecule has 0 spiro atoms. The van der Waals surface area contributed by atoms with Crippen LogP contribution in [0.5, 0.6) is 5.75 Å². The van der Waals surface area contributed by atoms with Crippen LogP contribution in [0.1, 0.15) is 24.8 Å². The van der Waals surface area contributed by atoms with Gasteiger partial charge in [-0.3, -0.25) is 9.69 Å². The van der Waals surface area contributed by atoms with Crippen molar-refractivity contribution in [3.8, 4) is 5.75 Å². The van der Waals surface area contributed by atoms with Crippen LogP contribution in [0.15, 0.2) is 24.3 Å². The third kappa shape index (κ3) is 6.77. The topological polar surface area (TPSA) is 67.6 Å². The molecule has 1 unspecified atom stereocenters. The van der Waals surface area contributed by atoms with Gasteiger partial charge in [-0.05, 0) is 56.0 Å². The maximum atomic E-state index is 12.1. The van der Waals surface area contributed by atoms with Crippen molar-refractivity contribution in [1.82, 2.24) is 10.2 Å². The molecule has 1 fully saturated rings. The van der Waals surface area contributed by atoms with Gasteiger partial charge < -0.3 is 15.8 Å². The van der Waals surface area contributed by atoms with Crippen LogP contribution in [-0.2, 0) is 11.3 Å². The van der Waals surface area contributed by atoms with E-state index in [9.17, 15) is 4.79 Å². The third-order valence-electron chi connectivity index (χ3n) is 4.17. The summed E-state index contributed by atoms with van der Waals surface area (Å²) in [5.74, 6) is 1.54. The van der Waals surface area contributed by atoms with Crippen LogP contribution < -0.4 is 15.8 Å². The highest BCUT2D eigenvalue weighted by atomic mass is 35.5. The van der Waals surface area contributed by atoms with Gasteiger partial charge in [0, 0.05) is 13.1 Å². The van der Waals surface area contributed by atoms with Gasteiger partial charge in [0.1, 0.15) is 5.75 Å². The number of methoxy groups -OCH3 is 1. The highest BCUT2D eigenvalue weighted by Crippen LogP contribution is 2.18. The predicted molar refractivity (Wildman–Crippen MR) is 94.9 cm³/mol. The molecule has 1 saturated heterocycles. The normalized spacial score (nSPS) is 18.1. The van der Waals surface area contributed by atoms with Crippen molar-refractivity contribution in [3.05, 3.63) is 29.8 Å². The first kappa shape index (κ1) is 19.7. The Kier molecular flexibility index (Phi) is 8.99. The Balaban J connectivity index is 0.00000264. The second-order valence-corrected chi connectivity index (χ2v) is 5.95. The van der Waals surface area contributed by atoms with Crippen LogP contribution in [0.25, 0.3) is 0 Å². The average Bonchev–Trinajstić information content (AvgIpc) is 2.54. The van der Waals surface area contributed by atoms with Crippen LogP contribution >= 0.6 is 12.4 Å². The van der Waals surface area contributed by atoms with Crippen LogP contribution in [0, 0.1) is 5.92 Å². The Morgan fingerprint density at radius 3 is 3.04 bits per heavy atom. The molecule has 0 aliphatic carbocycles. The van der Waals surface area contributed by atoms with Crippen LogP contribution in [-0.4, -0.2) is 44.1 Å². The molecule has 0 aromatic heterocycles. The number of ether oxygens (including phenoxy) is 1. The van der Waals surface area contributed by atoms with Gasteiger partial charge in [0.25, 0.3) is 0 Å². The number of amides is 1. The molecule has 1 aliphatic heterocycles. The van der Waals surface area contributed by atoms with Crippen molar-refractivity contribution in [2.45, 2.75) is 25.8 Å². The Morgan fingerprint density at radius 1 is 1.48 bits per heavy atom. The van der Waals surface area contributed by atoms with E-state index in [-0.39, 0.29) is 18.3 Å². The number of rotatable bonds is 7. The fourth-order valence-electron chi connectivity index (χ4n) is 3.01. The lowest BCUT2D eigenvalue weighted by Gasteiger charge is -2.32. The van der Waals surface area contributed by atoms with Gasteiger partial charge in [-0.15, -0.1) is 12.4 Å². The van der Waals surface area contributed by atoms with Crippen molar-refractivity contribution in [2.24, 2.45) is 11.7 Å². The summed E-state index contributed by atoms with van der Waals surface area (Å²) in [5.41, 5.74) is 6.68. The lowest BCUT2D eigenvalue weighted by Crippen LogP contribution is -2.42. The molecule has 1 aromatic rings. The number of hydrogen-bond donors (Lipinski definition) is 2. The first-order valence-corrected chi connectivity index (χ1v) is 8.03. The van der Waals surface area contributed by atoms with Gasteiger partial charge in [-0.25, -0.2) is 0 Å². The molecule has 3 N–H and O–H groups in total. The van der Waals surface area contributed by atoms with Crippen LogP contribution in [0.2, 0.25) is 0 Å². The molecule has 2 rings (SSSR count). The number of likely N-dealkylation sites (tertiary alicyclic amines) is 1. The summed E-state index contributed by atoms with van der Waals surface area (Å²) >= 11 is 0. The van der Waals surface area contributed by atoms with Gasteiger partial charge >= 0.3 is 0 Å². The predicted octanol–water partition coefficient (Wildman–Crippen LogP) is 1.79. The fourth-order valence-corrected chi connectivity index (χ4v) is 3.01. The Labute approximate surface area is 145 Å². The van der Waals surface area contributed by atoms with Gasteiger partial charge in [0.05, 0.1) is 13.7 Å². The number of nitrogens with one attached hydrogen (secondary N) is 1. The summed E-state index contributed by atoms with van der Waals surface area (Å²) in [7, 11) is 1.64.